The summed E-state index contributed by atoms with van der Waals surface area (Å²) in [6.45, 7) is 0.280. The van der Waals surface area contributed by atoms with Gasteiger partial charge in [0, 0.05) is 5.69 Å². The summed E-state index contributed by atoms with van der Waals surface area (Å²) in [6.07, 6.45) is 3.16. The van der Waals surface area contributed by atoms with Crippen molar-refractivity contribution in [1.82, 2.24) is 15.0 Å². The van der Waals surface area contributed by atoms with Crippen LogP contribution in [0.4, 0.5) is 23.5 Å². The monoisotopic (exact) mass is 578 g/mol. The van der Waals surface area contributed by atoms with Gasteiger partial charge in [0.1, 0.15) is 17.6 Å². The van der Waals surface area contributed by atoms with E-state index in [9.17, 15) is 0 Å². The normalized spacial score (nSPS) is 10.6. The number of furan rings is 1. The van der Waals surface area contributed by atoms with Crippen molar-refractivity contribution in [1.29, 1.82) is 5.26 Å². The molecule has 0 bridgehead atoms. The van der Waals surface area contributed by atoms with E-state index in [1.54, 1.807) is 37.8 Å². The molecule has 3 N–H and O–H groups in total. The van der Waals surface area contributed by atoms with Crippen LogP contribution in [0.5, 0.6) is 17.2 Å². The summed E-state index contributed by atoms with van der Waals surface area (Å²) < 4.78 is 22.0. The molecule has 0 spiro atoms. The molecule has 0 amide bonds. The summed E-state index contributed by atoms with van der Waals surface area (Å²) in [5.74, 6) is 3.15. The highest BCUT2D eigenvalue weighted by molar-refractivity contribution is 9.10. The van der Waals surface area contributed by atoms with Crippen molar-refractivity contribution >= 4 is 45.7 Å². The Balaban J connectivity index is 1.53. The molecule has 194 valence electrons. The molecule has 0 saturated carbocycles. The van der Waals surface area contributed by atoms with Crippen molar-refractivity contribution < 1.29 is 18.6 Å². The van der Waals surface area contributed by atoms with E-state index in [2.05, 4.69) is 52.0 Å². The molecule has 38 heavy (non-hydrogen) atoms. The summed E-state index contributed by atoms with van der Waals surface area (Å²) in [5.41, 5.74) is 4.29. The van der Waals surface area contributed by atoms with Gasteiger partial charge in [-0.3, -0.25) is 0 Å². The van der Waals surface area contributed by atoms with E-state index in [-0.39, 0.29) is 12.6 Å². The van der Waals surface area contributed by atoms with E-state index < -0.39 is 0 Å². The highest BCUT2D eigenvalue weighted by atomic mass is 79.9. The molecule has 0 aliphatic carbocycles. The number of ether oxygens (including phenoxy) is 3. The van der Waals surface area contributed by atoms with Gasteiger partial charge in [-0.2, -0.15) is 25.3 Å². The topological polar surface area (TPSA) is 152 Å². The Morgan fingerprint density at radius 1 is 1.05 bits per heavy atom. The van der Waals surface area contributed by atoms with Crippen LogP contribution in [0.2, 0.25) is 0 Å². The number of nitrogens with zero attached hydrogens (tertiary/aromatic N) is 5. The number of rotatable bonds is 12. The zero-order valence-corrected chi connectivity index (χ0v) is 22.0. The zero-order chi connectivity index (χ0) is 26.7. The van der Waals surface area contributed by atoms with Crippen LogP contribution < -0.4 is 30.3 Å². The van der Waals surface area contributed by atoms with E-state index in [1.165, 1.54) is 7.11 Å². The van der Waals surface area contributed by atoms with Gasteiger partial charge in [0.15, 0.2) is 18.1 Å². The minimum atomic E-state index is -0.105. The van der Waals surface area contributed by atoms with E-state index >= 15 is 0 Å². The summed E-state index contributed by atoms with van der Waals surface area (Å²) in [5, 5.41) is 19.3. The van der Waals surface area contributed by atoms with Crippen LogP contribution in [0.1, 0.15) is 11.3 Å². The van der Waals surface area contributed by atoms with E-state index in [4.69, 9.17) is 23.9 Å². The lowest BCUT2D eigenvalue weighted by Gasteiger charge is -2.11. The fourth-order valence-corrected chi connectivity index (χ4v) is 3.74. The number of nitrogens with one attached hydrogen (secondary N) is 3. The van der Waals surface area contributed by atoms with Crippen molar-refractivity contribution in [3.05, 3.63) is 70.6 Å². The SMILES string of the molecule is COc1ccc(Nc2nc(NCc3ccco3)nc(N/N=C/c3cc(Br)c(OCC#N)c(OC)c3)n2)cc1. The molecule has 0 fully saturated rings. The molecular weight excluding hydrogens is 556 g/mol. The molecule has 2 aromatic heterocycles. The average molecular weight is 579 g/mol. The lowest BCUT2D eigenvalue weighted by molar-refractivity contribution is 0.327. The molecule has 0 unspecified atom stereocenters. The minimum absolute atomic E-state index is 0.105. The Kier molecular flexibility index (Phi) is 8.93. The van der Waals surface area contributed by atoms with Crippen LogP contribution >= 0.6 is 15.9 Å². The lowest BCUT2D eigenvalue weighted by atomic mass is 10.2. The molecule has 13 heteroatoms. The number of nitriles is 1. The Hall–Kier alpha value is -4.83. The molecule has 4 aromatic rings. The predicted molar refractivity (Wildman–Crippen MR) is 145 cm³/mol. The van der Waals surface area contributed by atoms with E-state index in [1.807, 2.05) is 36.4 Å². The van der Waals surface area contributed by atoms with Crippen LogP contribution in [-0.4, -0.2) is 42.0 Å². The van der Waals surface area contributed by atoms with Crippen molar-refractivity contribution in [3.63, 3.8) is 0 Å². The molecule has 0 saturated heterocycles. The Morgan fingerprint density at radius 3 is 2.55 bits per heavy atom. The number of benzene rings is 2. The number of hydrazone groups is 1. The first-order valence-electron chi connectivity index (χ1n) is 11.2. The van der Waals surface area contributed by atoms with Crippen LogP contribution in [-0.2, 0) is 6.54 Å². The fraction of sp³-hybridized carbons (Fsp3) is 0.160. The molecule has 0 aliphatic rings. The van der Waals surface area contributed by atoms with Crippen LogP contribution in [0.3, 0.4) is 0 Å². The molecule has 4 rings (SSSR count). The van der Waals surface area contributed by atoms with Crippen LogP contribution in [0, 0.1) is 11.3 Å². The van der Waals surface area contributed by atoms with E-state index in [0.29, 0.717) is 40.0 Å². The number of methoxy groups -OCH3 is 2. The second-order valence-electron chi connectivity index (χ2n) is 7.44. The van der Waals surface area contributed by atoms with Gasteiger partial charge in [0.05, 0.1) is 37.7 Å². The number of hydrogen-bond donors (Lipinski definition) is 3. The van der Waals surface area contributed by atoms with Crippen molar-refractivity contribution in [2.75, 3.05) is 36.9 Å². The predicted octanol–water partition coefficient (Wildman–Crippen LogP) is 4.95. The van der Waals surface area contributed by atoms with Gasteiger partial charge in [-0.15, -0.1) is 0 Å². The lowest BCUT2D eigenvalue weighted by Crippen LogP contribution is -2.09. The molecule has 0 radical (unpaired) electrons. The van der Waals surface area contributed by atoms with Gasteiger partial charge in [0.2, 0.25) is 17.8 Å². The second kappa shape index (κ2) is 12.9. The highest BCUT2D eigenvalue weighted by Crippen LogP contribution is 2.36. The maximum Gasteiger partial charge on any atom is 0.250 e. The van der Waals surface area contributed by atoms with Crippen LogP contribution in [0.25, 0.3) is 0 Å². The standard InChI is InChI=1S/C25H23BrN8O4/c1-35-18-7-5-17(6-8-18)30-24-31-23(28-15-19-4-3-10-37-19)32-25(33-24)34-29-14-16-12-20(26)22(38-11-9-27)21(13-16)36-2/h3-8,10,12-14H,11,15H2,1-2H3,(H3,28,30,31,32,33,34)/b29-14+. The van der Waals surface area contributed by atoms with Crippen molar-refractivity contribution in [3.8, 4) is 23.3 Å². The smallest absolute Gasteiger partial charge is 0.250 e. The number of hydrogen-bond acceptors (Lipinski definition) is 12. The van der Waals surface area contributed by atoms with Crippen LogP contribution in [0.15, 0.2) is 68.8 Å². The van der Waals surface area contributed by atoms with Gasteiger partial charge in [-0.25, -0.2) is 5.43 Å². The summed E-state index contributed by atoms with van der Waals surface area (Å²) in [4.78, 5) is 13.2. The summed E-state index contributed by atoms with van der Waals surface area (Å²) in [7, 11) is 3.12. The van der Waals surface area contributed by atoms with Gasteiger partial charge in [-0.1, -0.05) is 0 Å². The quantitative estimate of drug-likeness (QED) is 0.154. The highest BCUT2D eigenvalue weighted by Gasteiger charge is 2.12. The summed E-state index contributed by atoms with van der Waals surface area (Å²) >= 11 is 3.44. The average Bonchev–Trinajstić information content (AvgIpc) is 3.45. The van der Waals surface area contributed by atoms with Gasteiger partial charge in [0.25, 0.3) is 0 Å². The molecule has 0 aliphatic heterocycles. The fourth-order valence-electron chi connectivity index (χ4n) is 3.17. The first-order valence-corrected chi connectivity index (χ1v) is 12.0. The molecule has 2 aromatic carbocycles. The van der Waals surface area contributed by atoms with Gasteiger partial charge < -0.3 is 29.3 Å². The first kappa shape index (κ1) is 26.2. The number of aromatic nitrogens is 3. The minimum Gasteiger partial charge on any atom is -0.497 e. The molecule has 0 atom stereocenters. The Morgan fingerprint density at radius 2 is 1.84 bits per heavy atom. The number of anilines is 4. The van der Waals surface area contributed by atoms with Crippen molar-refractivity contribution in [2.24, 2.45) is 5.10 Å². The zero-order valence-electron chi connectivity index (χ0n) is 20.4. The van der Waals surface area contributed by atoms with E-state index in [0.717, 1.165) is 17.2 Å². The molecule has 2 heterocycles. The Labute approximate surface area is 226 Å². The van der Waals surface area contributed by atoms with Gasteiger partial charge >= 0.3 is 0 Å². The van der Waals surface area contributed by atoms with Gasteiger partial charge in [-0.05, 0) is 70.0 Å². The third-order valence-corrected chi connectivity index (χ3v) is 5.48. The largest absolute Gasteiger partial charge is 0.497 e. The third-order valence-electron chi connectivity index (χ3n) is 4.89. The molecule has 12 nitrogen and oxygen atoms in total. The maximum atomic E-state index is 8.79. The summed E-state index contributed by atoms with van der Waals surface area (Å²) in [6, 6.07) is 16.4. The first-order chi connectivity index (χ1) is 18.6. The second-order valence-corrected chi connectivity index (χ2v) is 8.30. The van der Waals surface area contributed by atoms with Crippen molar-refractivity contribution in [2.45, 2.75) is 6.54 Å². The Bertz CT molecular complexity index is 1420. The maximum absolute atomic E-state index is 8.79. The number of halogens is 1. The molecular formula is C25H23BrN8O4. The third kappa shape index (κ3) is 7.11.